The van der Waals surface area contributed by atoms with E-state index in [9.17, 15) is 19.4 Å². The molecule has 1 aromatic carbocycles. The summed E-state index contributed by atoms with van der Waals surface area (Å²) in [7, 11) is 0. The summed E-state index contributed by atoms with van der Waals surface area (Å²) in [5.74, 6) is -0.380. The van der Waals surface area contributed by atoms with Crippen molar-refractivity contribution in [3.05, 3.63) is 58.9 Å². The van der Waals surface area contributed by atoms with E-state index in [1.165, 1.54) is 23.0 Å². The van der Waals surface area contributed by atoms with Crippen molar-refractivity contribution in [2.75, 3.05) is 6.54 Å². The highest BCUT2D eigenvalue weighted by atomic mass is 35.5. The van der Waals surface area contributed by atoms with Gasteiger partial charge in [0.05, 0.1) is 36.3 Å². The smallest absolute Gasteiger partial charge is 0.279 e. The van der Waals surface area contributed by atoms with Crippen LogP contribution >= 0.6 is 24.8 Å². The van der Waals surface area contributed by atoms with Crippen LogP contribution in [0.15, 0.2) is 47.5 Å². The second-order valence-corrected chi connectivity index (χ2v) is 7.44. The number of fused-ring (bicyclic) bond motifs is 1. The van der Waals surface area contributed by atoms with Crippen LogP contribution in [0.1, 0.15) is 19.3 Å². The number of benzene rings is 1. The number of pyridine rings is 1. The van der Waals surface area contributed by atoms with E-state index >= 15 is 0 Å². The number of piperidine rings is 1. The largest absolute Gasteiger partial charge is 0.392 e. The molecule has 0 amide bonds. The molecule has 7 nitrogen and oxygen atoms in total. The summed E-state index contributed by atoms with van der Waals surface area (Å²) in [6, 6.07) is 9.18. The lowest BCUT2D eigenvalue weighted by Gasteiger charge is -2.30. The molecular weight excluding hydrogens is 446 g/mol. The molecule has 2 aromatic heterocycles. The minimum atomic E-state index is -0.816. The van der Waals surface area contributed by atoms with Crippen LogP contribution in [-0.2, 0) is 6.54 Å². The predicted molar refractivity (Wildman–Crippen MR) is 121 cm³/mol. The van der Waals surface area contributed by atoms with Gasteiger partial charge in [-0.15, -0.1) is 24.8 Å². The average Bonchev–Trinajstić information content (AvgIpc) is 2.72. The molecule has 0 spiro atoms. The van der Waals surface area contributed by atoms with Crippen molar-refractivity contribution < 1.29 is 14.6 Å². The number of aromatic nitrogens is 3. The van der Waals surface area contributed by atoms with Crippen LogP contribution in [0.5, 0.6) is 0 Å². The number of aliphatic hydroxyl groups excluding tert-OH is 2. The van der Waals surface area contributed by atoms with Crippen molar-refractivity contribution >= 4 is 35.8 Å². The van der Waals surface area contributed by atoms with Crippen molar-refractivity contribution in [3.63, 3.8) is 0 Å². The fourth-order valence-electron chi connectivity index (χ4n) is 3.74. The van der Waals surface area contributed by atoms with Gasteiger partial charge in [0, 0.05) is 11.6 Å². The van der Waals surface area contributed by atoms with E-state index in [4.69, 9.17) is 0 Å². The molecule has 0 aliphatic carbocycles. The molecule has 3 atom stereocenters. The number of nitrogens with one attached hydrogen (secondary N) is 1. The minimum Gasteiger partial charge on any atom is -0.392 e. The second kappa shape index (κ2) is 11.0. The van der Waals surface area contributed by atoms with Crippen molar-refractivity contribution in [2.24, 2.45) is 0 Å². The Balaban J connectivity index is 0.00000171. The summed E-state index contributed by atoms with van der Waals surface area (Å²) in [6.07, 6.45) is 2.02. The van der Waals surface area contributed by atoms with Gasteiger partial charge >= 0.3 is 0 Å². The summed E-state index contributed by atoms with van der Waals surface area (Å²) in [5, 5.41) is 23.7. The van der Waals surface area contributed by atoms with Gasteiger partial charge in [-0.1, -0.05) is 12.1 Å². The zero-order valence-corrected chi connectivity index (χ0v) is 18.3. The highest BCUT2D eigenvalue weighted by Crippen LogP contribution is 2.20. The molecule has 0 bridgehead atoms. The van der Waals surface area contributed by atoms with Gasteiger partial charge in [-0.25, -0.2) is 14.4 Å². The van der Waals surface area contributed by atoms with Crippen LogP contribution in [0.3, 0.4) is 0 Å². The second-order valence-electron chi connectivity index (χ2n) is 7.44. The van der Waals surface area contributed by atoms with Crippen molar-refractivity contribution in [1.82, 2.24) is 19.9 Å². The van der Waals surface area contributed by atoms with Crippen molar-refractivity contribution in [1.29, 1.82) is 0 Å². The molecule has 1 aliphatic rings. The fourth-order valence-corrected chi connectivity index (χ4v) is 3.74. The van der Waals surface area contributed by atoms with E-state index in [0.29, 0.717) is 29.6 Å². The lowest BCUT2D eigenvalue weighted by molar-refractivity contribution is 0.0539. The highest BCUT2D eigenvalue weighted by molar-refractivity contribution is 5.85. The zero-order valence-electron chi connectivity index (χ0n) is 16.6. The minimum absolute atomic E-state index is 0. The molecule has 10 heteroatoms. The molecule has 3 heterocycles. The third kappa shape index (κ3) is 5.78. The van der Waals surface area contributed by atoms with Gasteiger partial charge in [0.25, 0.3) is 5.56 Å². The van der Waals surface area contributed by atoms with Gasteiger partial charge in [-0.3, -0.25) is 9.36 Å². The number of halogens is 3. The summed E-state index contributed by atoms with van der Waals surface area (Å²) in [6.45, 7) is 0.858. The Morgan fingerprint density at radius 1 is 1.26 bits per heavy atom. The van der Waals surface area contributed by atoms with Gasteiger partial charge in [-0.05, 0) is 50.1 Å². The molecule has 0 saturated carbocycles. The predicted octanol–water partition coefficient (Wildman–Crippen LogP) is 2.31. The van der Waals surface area contributed by atoms with Crippen LogP contribution in [0.2, 0.25) is 0 Å². The van der Waals surface area contributed by atoms with Gasteiger partial charge in [0.1, 0.15) is 5.82 Å². The molecule has 0 radical (unpaired) electrons. The van der Waals surface area contributed by atoms with E-state index in [1.807, 2.05) is 0 Å². The molecular formula is C21H25Cl2FN4O3. The van der Waals surface area contributed by atoms with Gasteiger partial charge in [-0.2, -0.15) is 0 Å². The lowest BCUT2D eigenvalue weighted by atomic mass is 9.96. The fraction of sp³-hybridized carbons (Fsp3) is 0.381. The molecule has 1 saturated heterocycles. The number of nitrogens with zero attached hydrogens (tertiary/aromatic N) is 3. The van der Waals surface area contributed by atoms with Gasteiger partial charge in [0.15, 0.2) is 5.52 Å². The van der Waals surface area contributed by atoms with E-state index in [2.05, 4.69) is 15.3 Å². The summed E-state index contributed by atoms with van der Waals surface area (Å²) in [5.41, 5.74) is 1.27. The van der Waals surface area contributed by atoms with Crippen LogP contribution in [-0.4, -0.2) is 49.5 Å². The number of hydrogen-bond donors (Lipinski definition) is 3. The van der Waals surface area contributed by atoms with Crippen LogP contribution < -0.4 is 10.9 Å². The molecule has 168 valence electrons. The Hall–Kier alpha value is -2.10. The first kappa shape index (κ1) is 25.2. The maximum absolute atomic E-state index is 13.5. The molecule has 1 unspecified atom stereocenters. The Labute approximate surface area is 191 Å². The summed E-state index contributed by atoms with van der Waals surface area (Å²) in [4.78, 5) is 21.5. The van der Waals surface area contributed by atoms with E-state index < -0.39 is 12.2 Å². The number of aliphatic hydroxyl groups is 2. The Kier molecular flexibility index (Phi) is 8.90. The maximum Gasteiger partial charge on any atom is 0.279 e. The van der Waals surface area contributed by atoms with Crippen LogP contribution in [0.25, 0.3) is 22.3 Å². The topological polar surface area (TPSA) is 100 Å². The first-order chi connectivity index (χ1) is 14.0. The number of rotatable bonds is 5. The van der Waals surface area contributed by atoms with Gasteiger partial charge in [0.2, 0.25) is 0 Å². The monoisotopic (exact) mass is 470 g/mol. The van der Waals surface area contributed by atoms with E-state index in [1.54, 1.807) is 24.3 Å². The third-order valence-electron chi connectivity index (χ3n) is 5.28. The van der Waals surface area contributed by atoms with Crippen molar-refractivity contribution in [2.45, 2.75) is 44.1 Å². The number of hydrogen-bond acceptors (Lipinski definition) is 6. The maximum atomic E-state index is 13.5. The van der Waals surface area contributed by atoms with E-state index in [0.717, 1.165) is 13.0 Å². The normalized spacial score (nSPS) is 19.3. The highest BCUT2D eigenvalue weighted by Gasteiger charge is 2.25. The first-order valence-electron chi connectivity index (χ1n) is 9.73. The third-order valence-corrected chi connectivity index (χ3v) is 5.28. The Morgan fingerprint density at radius 3 is 2.81 bits per heavy atom. The quantitative estimate of drug-likeness (QED) is 0.528. The Bertz CT molecular complexity index is 1080. The SMILES string of the molecule is Cl.Cl.O=c1c2nc(-c3cccc(F)c3)ccc2ncn1C[C@@H](O)CC1NCCC[C@@H]1O. The van der Waals surface area contributed by atoms with Crippen LogP contribution in [0, 0.1) is 5.82 Å². The molecule has 4 rings (SSSR count). The lowest BCUT2D eigenvalue weighted by Crippen LogP contribution is -2.47. The van der Waals surface area contributed by atoms with E-state index in [-0.39, 0.29) is 54.3 Å². The summed E-state index contributed by atoms with van der Waals surface area (Å²) >= 11 is 0. The van der Waals surface area contributed by atoms with Gasteiger partial charge < -0.3 is 15.5 Å². The molecule has 31 heavy (non-hydrogen) atoms. The first-order valence-corrected chi connectivity index (χ1v) is 9.73. The summed E-state index contributed by atoms with van der Waals surface area (Å²) < 4.78 is 14.8. The molecule has 1 aliphatic heterocycles. The molecule has 3 N–H and O–H groups in total. The molecule has 1 fully saturated rings. The van der Waals surface area contributed by atoms with Crippen LogP contribution in [0.4, 0.5) is 4.39 Å². The molecule has 3 aromatic rings. The zero-order chi connectivity index (χ0) is 20.4. The van der Waals surface area contributed by atoms with Crippen molar-refractivity contribution in [3.8, 4) is 11.3 Å². The standard InChI is InChI=1S/C21H23FN4O3.2ClH/c22-14-4-1-3-13(9-14)16-6-7-17-20(25-16)21(29)26(12-24-17)11-15(27)10-18-19(28)5-2-8-23-18;;/h1,3-4,6-7,9,12,15,18-19,23,27-28H,2,5,8,10-11H2;2*1H/t15-,18?,19-;;/m0../s1. The average molecular weight is 471 g/mol. The Morgan fingerprint density at radius 2 is 2.06 bits per heavy atom.